The molecule has 1 aromatic carbocycles. The molecule has 2 saturated heterocycles. The van der Waals surface area contributed by atoms with E-state index in [0.717, 1.165) is 31.9 Å². The Kier molecular flexibility index (Phi) is 6.08. The Bertz CT molecular complexity index is 804. The number of sulfone groups is 1. The summed E-state index contributed by atoms with van der Waals surface area (Å²) in [4.78, 5) is 27.8. The zero-order valence-corrected chi connectivity index (χ0v) is 16.8. The maximum Gasteiger partial charge on any atom is 0.234 e. The van der Waals surface area contributed by atoms with Gasteiger partial charge in [-0.05, 0) is 31.2 Å². The number of nitrogens with one attached hydrogen (secondary N) is 1. The number of anilines is 1. The number of amides is 1. The predicted molar refractivity (Wildman–Crippen MR) is 105 cm³/mol. The highest BCUT2D eigenvalue weighted by atomic mass is 35.5. The Morgan fingerprint density at radius 1 is 1.11 bits per heavy atom. The van der Waals surface area contributed by atoms with Gasteiger partial charge in [-0.15, -0.1) is 11.6 Å². The van der Waals surface area contributed by atoms with Gasteiger partial charge in [0.25, 0.3) is 0 Å². The van der Waals surface area contributed by atoms with Crippen LogP contribution in [0.2, 0.25) is 0 Å². The van der Waals surface area contributed by atoms with E-state index in [-0.39, 0.29) is 29.7 Å². The monoisotopic (exact) mass is 413 g/mol. The number of Topliss-reactive ketones (excluding diaryl/α,β-unsaturated/α-hetero) is 1. The Labute approximate surface area is 164 Å². The summed E-state index contributed by atoms with van der Waals surface area (Å²) in [5, 5.41) is 2.19. The summed E-state index contributed by atoms with van der Waals surface area (Å²) in [6, 6.07) is 7.04. The normalized spacial score (nSPS) is 25.3. The summed E-state index contributed by atoms with van der Waals surface area (Å²) < 4.78 is 23.2. The highest BCUT2D eigenvalue weighted by molar-refractivity contribution is 7.91. The Hall–Kier alpha value is -1.64. The quantitative estimate of drug-likeness (QED) is 0.559. The van der Waals surface area contributed by atoms with Gasteiger partial charge in [-0.3, -0.25) is 14.5 Å². The molecule has 0 saturated carbocycles. The summed E-state index contributed by atoms with van der Waals surface area (Å²) in [6.07, 6.45) is 0. The minimum atomic E-state index is -3.16. The number of halogens is 1. The van der Waals surface area contributed by atoms with Gasteiger partial charge in [0, 0.05) is 37.4 Å². The highest BCUT2D eigenvalue weighted by Gasteiger charge is 2.37. The molecule has 7 nitrogen and oxygen atoms in total. The lowest BCUT2D eigenvalue weighted by molar-refractivity contribution is -0.122. The van der Waals surface area contributed by atoms with Crippen LogP contribution in [0.1, 0.15) is 17.3 Å². The van der Waals surface area contributed by atoms with Gasteiger partial charge in [-0.25, -0.2) is 8.42 Å². The van der Waals surface area contributed by atoms with Crippen molar-refractivity contribution >= 4 is 38.8 Å². The molecule has 27 heavy (non-hydrogen) atoms. The van der Waals surface area contributed by atoms with E-state index in [2.05, 4.69) is 10.2 Å². The number of carbonyl (C=O) groups excluding carboxylic acids is 2. The zero-order chi connectivity index (χ0) is 19.6. The fourth-order valence-corrected chi connectivity index (χ4v) is 6.01. The minimum Gasteiger partial charge on any atom is -0.369 e. The van der Waals surface area contributed by atoms with Crippen LogP contribution >= 0.6 is 11.6 Å². The SMILES string of the molecule is CC(=O)c1ccc(N2CCN(CC(=O)N[C@@H]3CS(=O)(=O)C[C@H]3Cl)CC2)cc1. The molecule has 2 atom stereocenters. The lowest BCUT2D eigenvalue weighted by atomic mass is 10.1. The molecule has 0 spiro atoms. The first kappa shape index (κ1) is 20.1. The molecule has 1 N–H and O–H groups in total. The third-order valence-corrected chi connectivity index (χ3v) is 7.38. The van der Waals surface area contributed by atoms with Crippen LogP contribution < -0.4 is 10.2 Å². The Balaban J connectivity index is 1.46. The van der Waals surface area contributed by atoms with Crippen LogP contribution in [-0.2, 0) is 14.6 Å². The third-order valence-electron chi connectivity index (χ3n) is 5.01. The number of hydrogen-bond acceptors (Lipinski definition) is 6. The fraction of sp³-hybridized carbons (Fsp3) is 0.556. The summed E-state index contributed by atoms with van der Waals surface area (Å²) in [5.74, 6) is -0.314. The number of hydrogen-bond donors (Lipinski definition) is 1. The van der Waals surface area contributed by atoms with Gasteiger partial charge in [0.15, 0.2) is 15.6 Å². The molecule has 0 aliphatic carbocycles. The number of rotatable bonds is 5. The molecule has 2 aliphatic heterocycles. The first-order chi connectivity index (χ1) is 12.7. The first-order valence-electron chi connectivity index (χ1n) is 8.96. The summed E-state index contributed by atoms with van der Waals surface area (Å²) in [6.45, 7) is 4.80. The Morgan fingerprint density at radius 3 is 2.26 bits per heavy atom. The molecule has 0 unspecified atom stereocenters. The van der Waals surface area contributed by atoms with Crippen LogP contribution in [-0.4, -0.2) is 80.7 Å². The lowest BCUT2D eigenvalue weighted by Gasteiger charge is -2.36. The number of benzene rings is 1. The molecule has 1 amide bonds. The molecule has 148 valence electrons. The maximum absolute atomic E-state index is 12.2. The van der Waals surface area contributed by atoms with Crippen LogP contribution in [0.3, 0.4) is 0 Å². The second kappa shape index (κ2) is 8.16. The third kappa shape index (κ3) is 5.21. The molecule has 3 rings (SSSR count). The van der Waals surface area contributed by atoms with Crippen LogP contribution in [0.4, 0.5) is 5.69 Å². The van der Waals surface area contributed by atoms with E-state index in [4.69, 9.17) is 11.6 Å². The largest absolute Gasteiger partial charge is 0.369 e. The number of carbonyl (C=O) groups is 2. The van der Waals surface area contributed by atoms with Crippen LogP contribution in [0.5, 0.6) is 0 Å². The van der Waals surface area contributed by atoms with Crippen molar-refractivity contribution in [1.29, 1.82) is 0 Å². The minimum absolute atomic E-state index is 0.0478. The number of alkyl halides is 1. The topological polar surface area (TPSA) is 86.8 Å². The van der Waals surface area contributed by atoms with Crippen molar-refractivity contribution < 1.29 is 18.0 Å². The highest BCUT2D eigenvalue weighted by Crippen LogP contribution is 2.19. The van der Waals surface area contributed by atoms with Gasteiger partial charge in [0.1, 0.15) is 0 Å². The van der Waals surface area contributed by atoms with Gasteiger partial charge in [0.2, 0.25) is 5.91 Å². The molecule has 2 fully saturated rings. The molecule has 2 heterocycles. The van der Waals surface area contributed by atoms with E-state index < -0.39 is 21.3 Å². The van der Waals surface area contributed by atoms with E-state index in [1.807, 2.05) is 29.2 Å². The molecule has 2 aliphatic rings. The van der Waals surface area contributed by atoms with Crippen molar-refractivity contribution in [1.82, 2.24) is 10.2 Å². The van der Waals surface area contributed by atoms with Gasteiger partial charge in [-0.2, -0.15) is 0 Å². The van der Waals surface area contributed by atoms with Crippen LogP contribution in [0.25, 0.3) is 0 Å². The second-order valence-electron chi connectivity index (χ2n) is 7.13. The molecular weight excluding hydrogens is 390 g/mol. The van der Waals surface area contributed by atoms with E-state index >= 15 is 0 Å². The molecule has 0 bridgehead atoms. The van der Waals surface area contributed by atoms with Crippen molar-refractivity contribution in [3.05, 3.63) is 29.8 Å². The van der Waals surface area contributed by atoms with Gasteiger partial charge < -0.3 is 10.2 Å². The Morgan fingerprint density at radius 2 is 1.74 bits per heavy atom. The van der Waals surface area contributed by atoms with E-state index in [1.165, 1.54) is 0 Å². The summed E-state index contributed by atoms with van der Waals surface area (Å²) in [5.41, 5.74) is 1.76. The maximum atomic E-state index is 12.2. The average Bonchev–Trinajstić information content (AvgIpc) is 2.87. The van der Waals surface area contributed by atoms with Gasteiger partial charge >= 0.3 is 0 Å². The summed E-state index contributed by atoms with van der Waals surface area (Å²) >= 11 is 6.03. The first-order valence-corrected chi connectivity index (χ1v) is 11.2. The molecule has 9 heteroatoms. The molecule has 0 radical (unpaired) electrons. The smallest absolute Gasteiger partial charge is 0.234 e. The van der Waals surface area contributed by atoms with Crippen molar-refractivity contribution in [2.45, 2.75) is 18.3 Å². The fourth-order valence-electron chi connectivity index (χ4n) is 3.46. The van der Waals surface area contributed by atoms with Crippen LogP contribution in [0.15, 0.2) is 24.3 Å². The van der Waals surface area contributed by atoms with E-state index in [9.17, 15) is 18.0 Å². The van der Waals surface area contributed by atoms with Gasteiger partial charge in [0.05, 0.1) is 29.5 Å². The second-order valence-corrected chi connectivity index (χ2v) is 9.85. The number of piperazine rings is 1. The number of nitrogens with zero attached hydrogens (tertiary/aromatic N) is 2. The van der Waals surface area contributed by atoms with E-state index in [1.54, 1.807) is 6.92 Å². The van der Waals surface area contributed by atoms with Crippen molar-refractivity contribution in [2.24, 2.45) is 0 Å². The molecule has 0 aromatic heterocycles. The molecule has 1 aromatic rings. The van der Waals surface area contributed by atoms with Crippen molar-refractivity contribution in [3.8, 4) is 0 Å². The van der Waals surface area contributed by atoms with Crippen molar-refractivity contribution in [2.75, 3.05) is 49.1 Å². The van der Waals surface area contributed by atoms with Crippen molar-refractivity contribution in [3.63, 3.8) is 0 Å². The lowest BCUT2D eigenvalue weighted by Crippen LogP contribution is -2.51. The molecular formula is C18H24ClN3O4S. The standard InChI is InChI=1S/C18H24ClN3O4S/c1-13(23)14-2-4-15(5-3-14)22-8-6-21(7-9-22)10-18(24)20-17-12-27(25,26)11-16(17)19/h2-5,16-17H,6-12H2,1H3,(H,20,24)/t16-,17-/m1/s1. The van der Waals surface area contributed by atoms with E-state index in [0.29, 0.717) is 5.56 Å². The average molecular weight is 414 g/mol. The number of ketones is 1. The predicted octanol–water partition coefficient (Wildman–Crippen LogP) is 0.532. The van der Waals surface area contributed by atoms with Crippen LogP contribution in [0, 0.1) is 0 Å². The van der Waals surface area contributed by atoms with Gasteiger partial charge in [-0.1, -0.05) is 0 Å². The zero-order valence-electron chi connectivity index (χ0n) is 15.2. The summed E-state index contributed by atoms with van der Waals surface area (Å²) in [7, 11) is -3.16.